The normalized spacial score (nSPS) is 18.6. The van der Waals surface area contributed by atoms with Crippen molar-refractivity contribution < 1.29 is 14.3 Å². The van der Waals surface area contributed by atoms with Crippen LogP contribution >= 0.6 is 0 Å². The van der Waals surface area contributed by atoms with Crippen molar-refractivity contribution in [2.45, 2.75) is 6.29 Å². The lowest BCUT2D eigenvalue weighted by Crippen LogP contribution is -2.19. The van der Waals surface area contributed by atoms with Gasteiger partial charge >= 0.3 is 5.97 Å². The number of esters is 1. The number of benzene rings is 2. The molecule has 0 fully saturated rings. The first-order chi connectivity index (χ1) is 7.81. The topological polar surface area (TPSA) is 35.5 Å². The fourth-order valence-electron chi connectivity index (χ4n) is 2.14. The number of rotatable bonds is 1. The van der Waals surface area contributed by atoms with Crippen molar-refractivity contribution in [1.82, 2.24) is 0 Å². The van der Waals surface area contributed by atoms with Crippen molar-refractivity contribution in [2.24, 2.45) is 0 Å². The van der Waals surface area contributed by atoms with Crippen LogP contribution in [0.3, 0.4) is 0 Å². The molecular weight excluding hydrogens is 204 g/mol. The lowest BCUT2D eigenvalue weighted by Gasteiger charge is -2.24. The zero-order valence-corrected chi connectivity index (χ0v) is 8.77. The van der Waals surface area contributed by atoms with Crippen LogP contribution in [-0.2, 0) is 9.47 Å². The maximum atomic E-state index is 11.7. The fraction of sp³-hybridized carbons (Fsp3) is 0.154. The lowest BCUT2D eigenvalue weighted by atomic mass is 9.97. The van der Waals surface area contributed by atoms with E-state index in [1.165, 1.54) is 7.11 Å². The summed E-state index contributed by atoms with van der Waals surface area (Å²) >= 11 is 0. The summed E-state index contributed by atoms with van der Waals surface area (Å²) in [6.07, 6.45) is -0.592. The van der Waals surface area contributed by atoms with Crippen LogP contribution in [0, 0.1) is 0 Å². The van der Waals surface area contributed by atoms with Gasteiger partial charge in [0.25, 0.3) is 0 Å². The average Bonchev–Trinajstić information content (AvgIpc) is 2.33. The summed E-state index contributed by atoms with van der Waals surface area (Å²) in [4.78, 5) is 11.7. The largest absolute Gasteiger partial charge is 0.428 e. The quantitative estimate of drug-likeness (QED) is 0.684. The second-order valence-electron chi connectivity index (χ2n) is 3.72. The summed E-state index contributed by atoms with van der Waals surface area (Å²) in [6, 6.07) is 11.5. The second-order valence-corrected chi connectivity index (χ2v) is 3.72. The van der Waals surface area contributed by atoms with Gasteiger partial charge in [0, 0.05) is 18.1 Å². The summed E-state index contributed by atoms with van der Waals surface area (Å²) in [5.41, 5.74) is 1.52. The van der Waals surface area contributed by atoms with E-state index in [0.717, 1.165) is 16.3 Å². The number of hydrogen-bond acceptors (Lipinski definition) is 3. The Hall–Kier alpha value is -1.87. The van der Waals surface area contributed by atoms with Crippen LogP contribution in [0.15, 0.2) is 36.4 Å². The number of carbonyl (C=O) groups is 1. The van der Waals surface area contributed by atoms with Crippen LogP contribution in [0.2, 0.25) is 0 Å². The van der Waals surface area contributed by atoms with E-state index in [0.29, 0.717) is 5.56 Å². The Labute approximate surface area is 92.6 Å². The minimum atomic E-state index is -0.592. The Morgan fingerprint density at radius 1 is 1.19 bits per heavy atom. The van der Waals surface area contributed by atoms with Gasteiger partial charge in [-0.3, -0.25) is 0 Å². The molecule has 0 aromatic heterocycles. The molecule has 16 heavy (non-hydrogen) atoms. The molecule has 1 heterocycles. The lowest BCUT2D eigenvalue weighted by molar-refractivity contribution is -0.0939. The molecule has 0 aliphatic carbocycles. The molecular formula is C13H10O3. The van der Waals surface area contributed by atoms with Gasteiger partial charge in [-0.15, -0.1) is 0 Å². The van der Waals surface area contributed by atoms with Crippen molar-refractivity contribution in [3.8, 4) is 0 Å². The summed E-state index contributed by atoms with van der Waals surface area (Å²) in [5.74, 6) is -0.323. The Morgan fingerprint density at radius 2 is 1.94 bits per heavy atom. The molecule has 2 aromatic carbocycles. The third kappa shape index (κ3) is 1.15. The van der Waals surface area contributed by atoms with Crippen molar-refractivity contribution >= 4 is 16.7 Å². The average molecular weight is 214 g/mol. The predicted molar refractivity (Wildman–Crippen MR) is 59.1 cm³/mol. The highest BCUT2D eigenvalue weighted by molar-refractivity contribution is 6.07. The van der Waals surface area contributed by atoms with Gasteiger partial charge in [-0.25, -0.2) is 4.79 Å². The van der Waals surface area contributed by atoms with Gasteiger partial charge in [0.2, 0.25) is 6.29 Å². The molecule has 0 saturated carbocycles. The van der Waals surface area contributed by atoms with Gasteiger partial charge < -0.3 is 9.47 Å². The molecule has 3 nitrogen and oxygen atoms in total. The molecule has 0 bridgehead atoms. The third-order valence-corrected chi connectivity index (χ3v) is 2.84. The first-order valence-corrected chi connectivity index (χ1v) is 5.06. The first-order valence-electron chi connectivity index (χ1n) is 5.06. The van der Waals surface area contributed by atoms with E-state index in [2.05, 4.69) is 0 Å². The van der Waals surface area contributed by atoms with Crippen LogP contribution < -0.4 is 0 Å². The zero-order chi connectivity index (χ0) is 11.1. The summed E-state index contributed by atoms with van der Waals surface area (Å²) in [5, 5.41) is 1.97. The van der Waals surface area contributed by atoms with Crippen LogP contribution in [0.1, 0.15) is 22.2 Å². The number of carbonyl (C=O) groups excluding carboxylic acids is 1. The Morgan fingerprint density at radius 3 is 2.69 bits per heavy atom. The molecule has 1 aliphatic heterocycles. The molecule has 1 atom stereocenters. The van der Waals surface area contributed by atoms with Gasteiger partial charge in [0.05, 0.1) is 5.56 Å². The molecule has 0 N–H and O–H groups in total. The van der Waals surface area contributed by atoms with Gasteiger partial charge in [-0.2, -0.15) is 0 Å². The van der Waals surface area contributed by atoms with E-state index < -0.39 is 6.29 Å². The molecule has 3 heteroatoms. The minimum Gasteiger partial charge on any atom is -0.428 e. The van der Waals surface area contributed by atoms with E-state index in [-0.39, 0.29) is 5.97 Å². The van der Waals surface area contributed by atoms with E-state index in [4.69, 9.17) is 9.47 Å². The maximum Gasteiger partial charge on any atom is 0.341 e. The summed E-state index contributed by atoms with van der Waals surface area (Å²) in [7, 11) is 1.53. The van der Waals surface area contributed by atoms with Crippen molar-refractivity contribution in [2.75, 3.05) is 7.11 Å². The van der Waals surface area contributed by atoms with Crippen LogP contribution in [-0.4, -0.2) is 13.1 Å². The molecule has 3 rings (SSSR count). The Balaban J connectivity index is 2.42. The van der Waals surface area contributed by atoms with Gasteiger partial charge in [-0.1, -0.05) is 30.3 Å². The van der Waals surface area contributed by atoms with Gasteiger partial charge in [0.1, 0.15) is 0 Å². The molecule has 1 aliphatic rings. The predicted octanol–water partition coefficient (Wildman–Crippen LogP) is 2.66. The van der Waals surface area contributed by atoms with Crippen LogP contribution in [0.5, 0.6) is 0 Å². The highest BCUT2D eigenvalue weighted by Gasteiger charge is 2.27. The smallest absolute Gasteiger partial charge is 0.341 e. The molecule has 0 radical (unpaired) electrons. The standard InChI is InChI=1S/C13H10O3/c1-15-13-10-7-3-5-8-4-2-6-9(11(8)10)12(14)16-13/h2-7,13H,1H3/t13-/m0/s1. The monoisotopic (exact) mass is 214 g/mol. The van der Waals surface area contributed by atoms with Crippen molar-refractivity contribution in [3.05, 3.63) is 47.5 Å². The number of cyclic esters (lactones) is 1. The van der Waals surface area contributed by atoms with Crippen molar-refractivity contribution in [1.29, 1.82) is 0 Å². The molecule has 0 saturated heterocycles. The van der Waals surface area contributed by atoms with Crippen molar-refractivity contribution in [3.63, 3.8) is 0 Å². The molecule has 0 unspecified atom stereocenters. The molecule has 0 amide bonds. The number of methoxy groups -OCH3 is 1. The fourth-order valence-corrected chi connectivity index (χ4v) is 2.14. The van der Waals surface area contributed by atoms with E-state index in [1.807, 2.05) is 30.3 Å². The third-order valence-electron chi connectivity index (χ3n) is 2.84. The van der Waals surface area contributed by atoms with Crippen LogP contribution in [0.25, 0.3) is 10.8 Å². The van der Waals surface area contributed by atoms with E-state index >= 15 is 0 Å². The summed E-state index contributed by atoms with van der Waals surface area (Å²) < 4.78 is 10.4. The summed E-state index contributed by atoms with van der Waals surface area (Å²) in [6.45, 7) is 0. The van der Waals surface area contributed by atoms with Crippen LogP contribution in [0.4, 0.5) is 0 Å². The molecule has 2 aromatic rings. The number of hydrogen-bond donors (Lipinski definition) is 0. The van der Waals surface area contributed by atoms with Gasteiger partial charge in [-0.05, 0) is 11.5 Å². The minimum absolute atomic E-state index is 0.323. The number of ether oxygens (including phenoxy) is 2. The van der Waals surface area contributed by atoms with E-state index in [9.17, 15) is 4.79 Å². The van der Waals surface area contributed by atoms with E-state index in [1.54, 1.807) is 6.07 Å². The Kier molecular flexibility index (Phi) is 1.94. The maximum absolute atomic E-state index is 11.7. The highest BCUT2D eigenvalue weighted by atomic mass is 16.7. The first kappa shape index (κ1) is 9.36. The molecule has 80 valence electrons. The SMILES string of the molecule is CO[C@H]1OC(=O)c2cccc3cccc1c23. The second kappa shape index (κ2) is 3.32. The highest BCUT2D eigenvalue weighted by Crippen LogP contribution is 2.34. The van der Waals surface area contributed by atoms with Gasteiger partial charge in [0.15, 0.2) is 0 Å². The Bertz CT molecular complexity index is 569. The molecule has 0 spiro atoms. The zero-order valence-electron chi connectivity index (χ0n) is 8.77.